The number of hydrogen-bond acceptors (Lipinski definition) is 3. The van der Waals surface area contributed by atoms with Crippen molar-refractivity contribution in [1.82, 2.24) is 9.88 Å². The van der Waals surface area contributed by atoms with Crippen LogP contribution >= 0.6 is 0 Å². The number of pyridine rings is 1. The van der Waals surface area contributed by atoms with Crippen LogP contribution in [0.5, 0.6) is 0 Å². The average Bonchev–Trinajstić information content (AvgIpc) is 2.40. The summed E-state index contributed by atoms with van der Waals surface area (Å²) in [6, 6.07) is 4.94. The first-order valence-electron chi connectivity index (χ1n) is 5.93. The molecule has 18 heavy (non-hydrogen) atoms. The average molecular weight is 248 g/mol. The summed E-state index contributed by atoms with van der Waals surface area (Å²) in [7, 11) is 0. The minimum Gasteiger partial charge on any atom is -0.351 e. The van der Waals surface area contributed by atoms with Gasteiger partial charge in [0, 0.05) is 25.2 Å². The highest BCUT2D eigenvalue weighted by Gasteiger charge is 2.26. The Morgan fingerprint density at radius 1 is 1.33 bits per heavy atom. The van der Waals surface area contributed by atoms with Crippen LogP contribution in [0, 0.1) is 5.92 Å². The number of anilines is 1. The van der Waals surface area contributed by atoms with Crippen LogP contribution in [0.2, 0.25) is 0 Å². The summed E-state index contributed by atoms with van der Waals surface area (Å²) in [4.78, 5) is 28.5. The maximum Gasteiger partial charge on any atom is 0.314 e. The quantitative estimate of drug-likeness (QED) is 0.811. The molecule has 3 amide bonds. The zero-order valence-corrected chi connectivity index (χ0v) is 10.0. The van der Waals surface area contributed by atoms with E-state index in [-0.39, 0.29) is 11.8 Å². The van der Waals surface area contributed by atoms with Crippen molar-refractivity contribution in [2.75, 3.05) is 18.4 Å². The number of piperidine rings is 1. The lowest BCUT2D eigenvalue weighted by atomic mass is 9.96. The van der Waals surface area contributed by atoms with Crippen molar-refractivity contribution in [1.29, 1.82) is 0 Å². The predicted octanol–water partition coefficient (Wildman–Crippen LogP) is 0.811. The first-order chi connectivity index (χ1) is 8.66. The fraction of sp³-hybridized carbons (Fsp3) is 0.417. The van der Waals surface area contributed by atoms with Gasteiger partial charge >= 0.3 is 6.03 Å². The lowest BCUT2D eigenvalue weighted by Crippen LogP contribution is -2.43. The molecule has 2 heterocycles. The van der Waals surface area contributed by atoms with E-state index in [0.29, 0.717) is 31.7 Å². The minimum atomic E-state index is -0.418. The third-order valence-corrected chi connectivity index (χ3v) is 3.09. The molecular weight excluding hydrogens is 232 g/mol. The number of primary amides is 1. The highest BCUT2D eigenvalue weighted by Crippen LogP contribution is 2.18. The van der Waals surface area contributed by atoms with Gasteiger partial charge < -0.3 is 16.0 Å². The van der Waals surface area contributed by atoms with Gasteiger partial charge in [0.15, 0.2) is 0 Å². The van der Waals surface area contributed by atoms with Crippen LogP contribution in [0.25, 0.3) is 0 Å². The lowest BCUT2D eigenvalue weighted by Gasteiger charge is -2.29. The number of aromatic nitrogens is 1. The predicted molar refractivity (Wildman–Crippen MR) is 66.7 cm³/mol. The number of carbonyl (C=O) groups excluding carboxylic acids is 2. The molecule has 1 aromatic heterocycles. The molecule has 1 fully saturated rings. The van der Waals surface area contributed by atoms with Crippen LogP contribution in [0.1, 0.15) is 12.8 Å². The van der Waals surface area contributed by atoms with Crippen LogP contribution in [-0.2, 0) is 4.79 Å². The summed E-state index contributed by atoms with van der Waals surface area (Å²) < 4.78 is 0. The molecule has 2 rings (SSSR count). The summed E-state index contributed by atoms with van der Waals surface area (Å²) in [6.45, 7) is 1.07. The van der Waals surface area contributed by atoms with Crippen molar-refractivity contribution in [3.05, 3.63) is 24.4 Å². The van der Waals surface area contributed by atoms with Gasteiger partial charge in [0.05, 0.1) is 0 Å². The largest absolute Gasteiger partial charge is 0.351 e. The highest BCUT2D eigenvalue weighted by molar-refractivity contribution is 5.91. The molecule has 1 saturated heterocycles. The molecule has 0 atom stereocenters. The van der Waals surface area contributed by atoms with E-state index in [2.05, 4.69) is 10.3 Å². The maximum absolute atomic E-state index is 12.0. The van der Waals surface area contributed by atoms with Crippen molar-refractivity contribution < 1.29 is 9.59 Å². The Labute approximate surface area is 105 Å². The lowest BCUT2D eigenvalue weighted by molar-refractivity contribution is -0.121. The summed E-state index contributed by atoms with van der Waals surface area (Å²) in [5, 5.41) is 2.77. The molecule has 6 heteroatoms. The van der Waals surface area contributed by atoms with Crippen molar-refractivity contribution in [3.8, 4) is 0 Å². The van der Waals surface area contributed by atoms with Gasteiger partial charge in [0.1, 0.15) is 5.82 Å². The van der Waals surface area contributed by atoms with Gasteiger partial charge in [-0.05, 0) is 25.0 Å². The Balaban J connectivity index is 1.86. The molecule has 0 spiro atoms. The van der Waals surface area contributed by atoms with Gasteiger partial charge in [-0.15, -0.1) is 0 Å². The molecule has 1 aromatic rings. The van der Waals surface area contributed by atoms with E-state index in [1.807, 2.05) is 6.07 Å². The van der Waals surface area contributed by atoms with Gasteiger partial charge in [0.25, 0.3) is 0 Å². The highest BCUT2D eigenvalue weighted by atomic mass is 16.2. The van der Waals surface area contributed by atoms with Crippen molar-refractivity contribution in [3.63, 3.8) is 0 Å². The summed E-state index contributed by atoms with van der Waals surface area (Å²) >= 11 is 0. The Kier molecular flexibility index (Phi) is 3.76. The molecule has 1 aliphatic heterocycles. The standard InChI is InChI=1S/C12H16N4O2/c13-12(18)16-7-4-9(5-8-16)11(17)15-10-3-1-2-6-14-10/h1-3,6,9H,4-5,7-8H2,(H2,13,18)(H,14,15,17). The Hall–Kier alpha value is -2.11. The molecule has 0 aromatic carbocycles. The third-order valence-electron chi connectivity index (χ3n) is 3.09. The number of nitrogens with two attached hydrogens (primary N) is 1. The van der Waals surface area contributed by atoms with Crippen LogP contribution < -0.4 is 11.1 Å². The number of rotatable bonds is 2. The number of amides is 3. The number of carbonyl (C=O) groups is 2. The number of nitrogens with one attached hydrogen (secondary N) is 1. The smallest absolute Gasteiger partial charge is 0.314 e. The topological polar surface area (TPSA) is 88.3 Å². The first-order valence-corrected chi connectivity index (χ1v) is 5.93. The van der Waals surface area contributed by atoms with Gasteiger partial charge in [-0.25, -0.2) is 9.78 Å². The maximum atomic E-state index is 12.0. The fourth-order valence-electron chi connectivity index (χ4n) is 2.03. The number of nitrogens with zero attached hydrogens (tertiary/aromatic N) is 2. The molecule has 96 valence electrons. The van der Waals surface area contributed by atoms with Gasteiger partial charge in [0.2, 0.25) is 5.91 Å². The Bertz CT molecular complexity index is 427. The van der Waals surface area contributed by atoms with E-state index < -0.39 is 6.03 Å². The summed E-state index contributed by atoms with van der Waals surface area (Å²) in [5.41, 5.74) is 5.19. The van der Waals surface area contributed by atoms with E-state index in [9.17, 15) is 9.59 Å². The normalized spacial score (nSPS) is 16.3. The third kappa shape index (κ3) is 2.97. The van der Waals surface area contributed by atoms with Gasteiger partial charge in [-0.1, -0.05) is 6.07 Å². The van der Waals surface area contributed by atoms with Crippen molar-refractivity contribution in [2.24, 2.45) is 11.7 Å². The molecule has 6 nitrogen and oxygen atoms in total. The van der Waals surface area contributed by atoms with Gasteiger partial charge in [-0.3, -0.25) is 4.79 Å². The second kappa shape index (κ2) is 5.48. The van der Waals surface area contributed by atoms with E-state index in [4.69, 9.17) is 5.73 Å². The van der Waals surface area contributed by atoms with E-state index in [0.717, 1.165) is 0 Å². The van der Waals surface area contributed by atoms with Gasteiger partial charge in [-0.2, -0.15) is 0 Å². The van der Waals surface area contributed by atoms with Crippen LogP contribution in [0.4, 0.5) is 10.6 Å². The summed E-state index contributed by atoms with van der Waals surface area (Å²) in [6.07, 6.45) is 2.91. The second-order valence-corrected chi connectivity index (χ2v) is 4.30. The molecule has 0 radical (unpaired) electrons. The van der Waals surface area contributed by atoms with E-state index in [1.54, 1.807) is 23.2 Å². The zero-order chi connectivity index (χ0) is 13.0. The number of hydrogen-bond donors (Lipinski definition) is 2. The number of likely N-dealkylation sites (tertiary alicyclic amines) is 1. The first kappa shape index (κ1) is 12.3. The SMILES string of the molecule is NC(=O)N1CCC(C(=O)Nc2ccccn2)CC1. The molecule has 3 N–H and O–H groups in total. The Morgan fingerprint density at radius 2 is 2.06 bits per heavy atom. The minimum absolute atomic E-state index is 0.0437. The molecule has 0 bridgehead atoms. The Morgan fingerprint density at radius 3 is 2.61 bits per heavy atom. The van der Waals surface area contributed by atoms with Crippen LogP contribution in [-0.4, -0.2) is 34.9 Å². The molecule has 0 unspecified atom stereocenters. The molecule has 1 aliphatic rings. The second-order valence-electron chi connectivity index (χ2n) is 4.30. The monoisotopic (exact) mass is 248 g/mol. The van der Waals surface area contributed by atoms with E-state index in [1.165, 1.54) is 0 Å². The molecule has 0 saturated carbocycles. The number of urea groups is 1. The summed E-state index contributed by atoms with van der Waals surface area (Å²) in [5.74, 6) is 0.431. The molecule has 0 aliphatic carbocycles. The van der Waals surface area contributed by atoms with Crippen LogP contribution in [0.3, 0.4) is 0 Å². The van der Waals surface area contributed by atoms with Crippen LogP contribution in [0.15, 0.2) is 24.4 Å². The van der Waals surface area contributed by atoms with E-state index >= 15 is 0 Å². The van der Waals surface area contributed by atoms with Crippen molar-refractivity contribution >= 4 is 17.8 Å². The molecular formula is C12H16N4O2. The fourth-order valence-corrected chi connectivity index (χ4v) is 2.03. The van der Waals surface area contributed by atoms with Crippen molar-refractivity contribution in [2.45, 2.75) is 12.8 Å². The zero-order valence-electron chi connectivity index (χ0n) is 10.0.